The number of halogens is 4. The van der Waals surface area contributed by atoms with Gasteiger partial charge in [0.25, 0.3) is 12.4 Å². The Morgan fingerprint density at radius 3 is 1.20 bits per heavy atom. The van der Waals surface area contributed by atoms with E-state index in [0.29, 0.717) is 11.1 Å². The van der Waals surface area contributed by atoms with Crippen molar-refractivity contribution < 1.29 is 0 Å². The molecule has 4 fully saturated rings. The van der Waals surface area contributed by atoms with E-state index in [0.717, 1.165) is 23.7 Å². The molecule has 0 radical (unpaired) electrons. The second-order valence-corrected chi connectivity index (χ2v) is 28.6. The SMILES string of the molecule is Cl[Si](Cl)(C1CC2CCC1C2)[Si](Cl)(Cl)C1CC2CCC1C2. The quantitative estimate of drug-likeness (QED) is 0.394. The zero-order valence-corrected chi connectivity index (χ0v) is 16.7. The van der Waals surface area contributed by atoms with Crippen molar-refractivity contribution in [3.8, 4) is 0 Å². The molecule has 4 bridgehead atoms. The van der Waals surface area contributed by atoms with E-state index in [9.17, 15) is 0 Å². The van der Waals surface area contributed by atoms with Gasteiger partial charge in [-0.25, -0.2) is 0 Å². The summed E-state index contributed by atoms with van der Waals surface area (Å²) in [6, 6.07) is 0. The smallest absolute Gasteiger partial charge is 0.146 e. The van der Waals surface area contributed by atoms with Crippen molar-refractivity contribution in [3.63, 3.8) is 0 Å². The van der Waals surface area contributed by atoms with Crippen LogP contribution in [0.5, 0.6) is 0 Å². The minimum atomic E-state index is -2.54. The van der Waals surface area contributed by atoms with E-state index in [1.807, 2.05) is 0 Å². The maximum atomic E-state index is 7.05. The normalized spacial score (nSPS) is 47.4. The fraction of sp³-hybridized carbons (Fsp3) is 1.00. The van der Waals surface area contributed by atoms with Crippen LogP contribution in [-0.2, 0) is 0 Å². The van der Waals surface area contributed by atoms with E-state index in [4.69, 9.17) is 44.3 Å². The first-order valence-electron chi connectivity index (χ1n) is 8.15. The standard InChI is InChI=1S/C14H22Cl4Si2/c15-19(16,13-7-9-1-3-11(13)5-9)20(17,18)14-8-10-2-4-12(14)6-10/h9-14H,1-8H2. The Morgan fingerprint density at radius 1 is 0.550 bits per heavy atom. The van der Waals surface area contributed by atoms with Crippen LogP contribution in [0.2, 0.25) is 11.1 Å². The van der Waals surface area contributed by atoms with Gasteiger partial charge in [-0.15, -0.1) is 44.3 Å². The fourth-order valence-electron chi connectivity index (χ4n) is 5.87. The van der Waals surface area contributed by atoms with E-state index in [1.165, 1.54) is 51.4 Å². The van der Waals surface area contributed by atoms with Crippen molar-refractivity contribution in [2.75, 3.05) is 0 Å². The molecule has 4 saturated carbocycles. The highest BCUT2D eigenvalue weighted by molar-refractivity contribution is 7.93. The third kappa shape index (κ3) is 2.12. The minimum absolute atomic E-state index is 0.491. The van der Waals surface area contributed by atoms with Crippen LogP contribution >= 0.6 is 44.3 Å². The molecule has 6 unspecified atom stereocenters. The highest BCUT2D eigenvalue weighted by Crippen LogP contribution is 2.66. The van der Waals surface area contributed by atoms with Crippen molar-refractivity contribution in [1.29, 1.82) is 0 Å². The van der Waals surface area contributed by atoms with Gasteiger partial charge in [0.15, 0.2) is 0 Å². The summed E-state index contributed by atoms with van der Waals surface area (Å²) in [5, 5.41) is 0. The molecular formula is C14H22Cl4Si2. The molecule has 6 atom stereocenters. The third-order valence-electron chi connectivity index (χ3n) is 6.85. The van der Waals surface area contributed by atoms with Crippen molar-refractivity contribution in [1.82, 2.24) is 0 Å². The first kappa shape index (κ1) is 15.1. The Morgan fingerprint density at radius 2 is 0.950 bits per heavy atom. The van der Waals surface area contributed by atoms with Crippen molar-refractivity contribution in [2.45, 2.75) is 62.4 Å². The van der Waals surface area contributed by atoms with Crippen molar-refractivity contribution >= 4 is 56.7 Å². The number of hydrogen-bond donors (Lipinski definition) is 0. The maximum Gasteiger partial charge on any atom is 0.277 e. The van der Waals surface area contributed by atoms with Gasteiger partial charge in [0.05, 0.1) is 0 Å². The van der Waals surface area contributed by atoms with Gasteiger partial charge in [-0.3, -0.25) is 0 Å². The van der Waals surface area contributed by atoms with Crippen molar-refractivity contribution in [3.05, 3.63) is 0 Å². The summed E-state index contributed by atoms with van der Waals surface area (Å²) in [7, 11) is 0. The largest absolute Gasteiger partial charge is 0.277 e. The Bertz CT molecular complexity index is 376. The fourth-order valence-corrected chi connectivity index (χ4v) is 23.2. The second kappa shape index (κ2) is 5.04. The van der Waals surface area contributed by atoms with Crippen LogP contribution in [0.1, 0.15) is 51.4 Å². The van der Waals surface area contributed by atoms with Gasteiger partial charge >= 0.3 is 0 Å². The van der Waals surface area contributed by atoms with Gasteiger partial charge in [0, 0.05) is 0 Å². The molecule has 0 aromatic carbocycles. The molecule has 0 N–H and O–H groups in total. The summed E-state index contributed by atoms with van der Waals surface area (Å²) in [5.74, 6) is 3.22. The first-order chi connectivity index (χ1) is 9.39. The maximum absolute atomic E-state index is 7.05. The van der Waals surface area contributed by atoms with Gasteiger partial charge in [-0.05, 0) is 60.4 Å². The van der Waals surface area contributed by atoms with Gasteiger partial charge in [-0.1, -0.05) is 25.7 Å². The number of fused-ring (bicyclic) bond motifs is 4. The topological polar surface area (TPSA) is 0 Å². The second-order valence-electron chi connectivity index (χ2n) is 7.81. The summed E-state index contributed by atoms with van der Waals surface area (Å²) >= 11 is 28.2. The van der Waals surface area contributed by atoms with Crippen LogP contribution in [0.25, 0.3) is 0 Å². The molecule has 0 aliphatic heterocycles. The van der Waals surface area contributed by atoms with Crippen LogP contribution in [0.15, 0.2) is 0 Å². The third-order valence-corrected chi connectivity index (χ3v) is 33.5. The summed E-state index contributed by atoms with van der Waals surface area (Å²) < 4.78 is 0. The summed E-state index contributed by atoms with van der Waals surface area (Å²) in [4.78, 5) is 0. The predicted molar refractivity (Wildman–Crippen MR) is 93.3 cm³/mol. The Balaban J connectivity index is 1.58. The Hall–Kier alpha value is 1.59. The molecule has 0 spiro atoms. The molecule has 0 heterocycles. The minimum Gasteiger partial charge on any atom is -0.146 e. The zero-order chi connectivity index (χ0) is 14.1. The molecule has 114 valence electrons. The summed E-state index contributed by atoms with van der Waals surface area (Å²) in [5.41, 5.74) is 0.982. The molecule has 20 heavy (non-hydrogen) atoms. The molecule has 4 rings (SSSR count). The average molecular weight is 388 g/mol. The molecule has 4 aliphatic carbocycles. The van der Waals surface area contributed by atoms with Crippen LogP contribution in [0, 0.1) is 23.7 Å². The van der Waals surface area contributed by atoms with Gasteiger partial charge in [-0.2, -0.15) is 0 Å². The highest BCUT2D eigenvalue weighted by atomic mass is 35.8. The molecule has 0 aromatic heterocycles. The lowest BCUT2D eigenvalue weighted by Gasteiger charge is -2.42. The lowest BCUT2D eigenvalue weighted by atomic mass is 10.0. The van der Waals surface area contributed by atoms with Gasteiger partial charge < -0.3 is 0 Å². The zero-order valence-electron chi connectivity index (χ0n) is 11.6. The monoisotopic (exact) mass is 386 g/mol. The van der Waals surface area contributed by atoms with Crippen molar-refractivity contribution in [2.24, 2.45) is 23.7 Å². The van der Waals surface area contributed by atoms with E-state index < -0.39 is 12.4 Å². The summed E-state index contributed by atoms with van der Waals surface area (Å²) in [6.45, 7) is 0. The molecular weight excluding hydrogens is 366 g/mol. The van der Waals surface area contributed by atoms with Crippen LogP contribution < -0.4 is 0 Å². The molecule has 0 saturated heterocycles. The number of rotatable bonds is 3. The first-order valence-corrected chi connectivity index (χ1v) is 17.4. The van der Waals surface area contributed by atoms with E-state index in [-0.39, 0.29) is 0 Å². The lowest BCUT2D eigenvalue weighted by molar-refractivity contribution is 0.469. The van der Waals surface area contributed by atoms with Gasteiger partial charge in [0.2, 0.25) is 0 Å². The van der Waals surface area contributed by atoms with E-state index >= 15 is 0 Å². The molecule has 4 aliphatic rings. The lowest BCUT2D eigenvalue weighted by Crippen LogP contribution is -2.56. The average Bonchev–Trinajstić information content (AvgIpc) is 3.17. The Kier molecular flexibility index (Phi) is 3.82. The van der Waals surface area contributed by atoms with E-state index in [1.54, 1.807) is 0 Å². The van der Waals surface area contributed by atoms with Crippen LogP contribution in [0.3, 0.4) is 0 Å². The summed E-state index contributed by atoms with van der Waals surface area (Å²) in [6.07, 6.45) is 5.44. The highest BCUT2D eigenvalue weighted by Gasteiger charge is 2.67. The molecule has 0 amide bonds. The molecule has 6 heteroatoms. The number of hydrogen-bond acceptors (Lipinski definition) is 0. The van der Waals surface area contributed by atoms with Crippen LogP contribution in [-0.4, -0.2) is 12.4 Å². The Labute approximate surface area is 142 Å². The molecule has 0 aromatic rings. The van der Waals surface area contributed by atoms with Gasteiger partial charge in [0.1, 0.15) is 0 Å². The molecule has 0 nitrogen and oxygen atoms in total. The van der Waals surface area contributed by atoms with Crippen LogP contribution in [0.4, 0.5) is 0 Å². The predicted octanol–water partition coefficient (Wildman–Crippen LogP) is 6.28. The van der Waals surface area contributed by atoms with E-state index in [2.05, 4.69) is 0 Å².